The smallest absolute Gasteiger partial charge is 0.335 e. The highest BCUT2D eigenvalue weighted by molar-refractivity contribution is 6.39. The SMILES string of the molecule is Cc1ccc(N2C(=O)NC(=O)/C(=C\c3c(OCc4cccc([N+](=O)[O-])c4)ccc4ccccc34)C2=O)c(C)c1. The number of nitro groups is 1. The van der Waals surface area contributed by atoms with Gasteiger partial charge >= 0.3 is 6.03 Å². The second kappa shape index (κ2) is 10.2. The zero-order chi connectivity index (χ0) is 27.7. The molecular weight excluding hydrogens is 498 g/mol. The van der Waals surface area contributed by atoms with E-state index in [9.17, 15) is 24.5 Å². The van der Waals surface area contributed by atoms with E-state index in [4.69, 9.17) is 4.74 Å². The van der Waals surface area contributed by atoms with Crippen molar-refractivity contribution in [3.05, 3.63) is 117 Å². The summed E-state index contributed by atoms with van der Waals surface area (Å²) in [5.41, 5.74) is 2.80. The van der Waals surface area contributed by atoms with Crippen molar-refractivity contribution in [2.24, 2.45) is 0 Å². The van der Waals surface area contributed by atoms with E-state index in [-0.39, 0.29) is 17.9 Å². The molecule has 1 aliphatic heterocycles. The molecule has 0 unspecified atom stereocenters. The Bertz CT molecular complexity index is 1710. The number of hydrogen-bond donors (Lipinski definition) is 1. The second-order valence-corrected chi connectivity index (χ2v) is 9.16. The molecule has 4 amide bonds. The molecule has 5 rings (SSSR count). The van der Waals surface area contributed by atoms with Gasteiger partial charge in [0.15, 0.2) is 0 Å². The lowest BCUT2D eigenvalue weighted by atomic mass is 9.99. The number of aryl methyl sites for hydroxylation is 2. The molecule has 1 N–H and O–H groups in total. The van der Waals surface area contributed by atoms with Crippen molar-refractivity contribution >= 4 is 46.1 Å². The first kappa shape index (κ1) is 25.3. The molecule has 4 aromatic carbocycles. The molecule has 1 aliphatic rings. The molecule has 39 heavy (non-hydrogen) atoms. The summed E-state index contributed by atoms with van der Waals surface area (Å²) in [6.07, 6.45) is 1.42. The number of carbonyl (C=O) groups is 3. The third kappa shape index (κ3) is 4.97. The fourth-order valence-corrected chi connectivity index (χ4v) is 4.55. The molecule has 0 aliphatic carbocycles. The van der Waals surface area contributed by atoms with Crippen LogP contribution in [-0.2, 0) is 16.2 Å². The molecule has 9 nitrogen and oxygen atoms in total. The van der Waals surface area contributed by atoms with Crippen LogP contribution in [0, 0.1) is 24.0 Å². The van der Waals surface area contributed by atoms with Gasteiger partial charge in [-0.25, -0.2) is 9.69 Å². The number of anilines is 1. The minimum Gasteiger partial charge on any atom is -0.488 e. The Labute approximate surface area is 223 Å². The van der Waals surface area contributed by atoms with Crippen LogP contribution >= 0.6 is 0 Å². The first-order valence-electron chi connectivity index (χ1n) is 12.1. The Hall–Kier alpha value is -5.31. The fraction of sp³-hybridized carbons (Fsp3) is 0.100. The number of imide groups is 2. The van der Waals surface area contributed by atoms with Crippen molar-refractivity contribution < 1.29 is 24.0 Å². The number of urea groups is 1. The molecule has 1 saturated heterocycles. The number of nitrogens with one attached hydrogen (secondary N) is 1. The first-order valence-corrected chi connectivity index (χ1v) is 12.1. The number of barbiturate groups is 1. The maximum absolute atomic E-state index is 13.6. The molecule has 4 aromatic rings. The van der Waals surface area contributed by atoms with Gasteiger partial charge < -0.3 is 4.74 Å². The monoisotopic (exact) mass is 521 g/mol. The summed E-state index contributed by atoms with van der Waals surface area (Å²) >= 11 is 0. The Balaban J connectivity index is 1.57. The van der Waals surface area contributed by atoms with Crippen LogP contribution in [0.25, 0.3) is 16.8 Å². The highest BCUT2D eigenvalue weighted by Crippen LogP contribution is 2.33. The van der Waals surface area contributed by atoms with Gasteiger partial charge in [-0.15, -0.1) is 0 Å². The van der Waals surface area contributed by atoms with E-state index in [1.54, 1.807) is 37.3 Å². The lowest BCUT2D eigenvalue weighted by molar-refractivity contribution is -0.384. The van der Waals surface area contributed by atoms with Gasteiger partial charge in [-0.3, -0.25) is 25.0 Å². The topological polar surface area (TPSA) is 119 Å². The number of benzene rings is 4. The highest BCUT2D eigenvalue weighted by Gasteiger charge is 2.37. The minimum absolute atomic E-state index is 0.0174. The summed E-state index contributed by atoms with van der Waals surface area (Å²) in [4.78, 5) is 50.9. The molecule has 1 fully saturated rings. The van der Waals surface area contributed by atoms with Crippen LogP contribution in [0.3, 0.4) is 0 Å². The quantitative estimate of drug-likeness (QED) is 0.152. The average molecular weight is 522 g/mol. The number of nitro benzene ring substituents is 1. The van der Waals surface area contributed by atoms with Crippen LogP contribution in [0.15, 0.2) is 84.4 Å². The van der Waals surface area contributed by atoms with Crippen molar-refractivity contribution in [3.8, 4) is 5.75 Å². The van der Waals surface area contributed by atoms with E-state index in [0.29, 0.717) is 28.1 Å². The van der Waals surface area contributed by atoms with Crippen LogP contribution in [0.5, 0.6) is 5.75 Å². The van der Waals surface area contributed by atoms with Gasteiger partial charge in [-0.1, -0.05) is 60.2 Å². The molecule has 0 aromatic heterocycles. The van der Waals surface area contributed by atoms with E-state index in [1.807, 2.05) is 43.3 Å². The molecule has 9 heteroatoms. The Morgan fingerprint density at radius 3 is 2.51 bits per heavy atom. The summed E-state index contributed by atoms with van der Waals surface area (Å²) in [5.74, 6) is -1.21. The zero-order valence-corrected chi connectivity index (χ0v) is 21.1. The third-order valence-electron chi connectivity index (χ3n) is 6.43. The van der Waals surface area contributed by atoms with Crippen LogP contribution in [0.4, 0.5) is 16.2 Å². The van der Waals surface area contributed by atoms with Gasteiger partial charge in [0.05, 0.1) is 10.6 Å². The normalized spacial score (nSPS) is 14.6. The molecular formula is C30H23N3O6. The van der Waals surface area contributed by atoms with Gasteiger partial charge in [0, 0.05) is 17.7 Å². The maximum Gasteiger partial charge on any atom is 0.335 e. The maximum atomic E-state index is 13.6. The van der Waals surface area contributed by atoms with Crippen LogP contribution < -0.4 is 15.0 Å². The second-order valence-electron chi connectivity index (χ2n) is 9.16. The van der Waals surface area contributed by atoms with Gasteiger partial charge in [0.1, 0.15) is 17.9 Å². The van der Waals surface area contributed by atoms with Gasteiger partial charge in [-0.2, -0.15) is 0 Å². The van der Waals surface area contributed by atoms with Crippen molar-refractivity contribution in [2.75, 3.05) is 4.90 Å². The van der Waals surface area contributed by atoms with Gasteiger partial charge in [0.25, 0.3) is 17.5 Å². The van der Waals surface area contributed by atoms with Crippen LogP contribution in [0.2, 0.25) is 0 Å². The lowest BCUT2D eigenvalue weighted by Crippen LogP contribution is -2.54. The number of ether oxygens (including phenoxy) is 1. The number of amides is 4. The number of non-ortho nitro benzene ring substituents is 1. The van der Waals surface area contributed by atoms with Crippen LogP contribution in [0.1, 0.15) is 22.3 Å². The van der Waals surface area contributed by atoms with Crippen molar-refractivity contribution in [2.45, 2.75) is 20.5 Å². The standard InChI is InChI=1S/C30H23N3O6/c1-18-10-12-26(19(2)14-18)32-29(35)25(28(34)31-30(32)36)16-24-23-9-4-3-7-21(23)11-13-27(24)39-17-20-6-5-8-22(15-20)33(37)38/h3-16H,17H2,1-2H3,(H,31,34,36)/b25-16+. The van der Waals surface area contributed by atoms with E-state index < -0.39 is 22.8 Å². The number of hydrogen-bond acceptors (Lipinski definition) is 6. The number of fused-ring (bicyclic) bond motifs is 1. The Morgan fingerprint density at radius 1 is 0.949 bits per heavy atom. The lowest BCUT2D eigenvalue weighted by Gasteiger charge is -2.28. The molecule has 1 heterocycles. The predicted molar refractivity (Wildman–Crippen MR) is 146 cm³/mol. The zero-order valence-electron chi connectivity index (χ0n) is 21.1. The van der Waals surface area contributed by atoms with Crippen LogP contribution in [-0.4, -0.2) is 22.8 Å². The number of rotatable bonds is 6. The predicted octanol–water partition coefficient (Wildman–Crippen LogP) is 5.61. The first-order chi connectivity index (χ1) is 18.7. The summed E-state index contributed by atoms with van der Waals surface area (Å²) in [6.45, 7) is 3.70. The molecule has 0 spiro atoms. The van der Waals surface area contributed by atoms with Crippen molar-refractivity contribution in [3.63, 3.8) is 0 Å². The molecule has 0 bridgehead atoms. The summed E-state index contributed by atoms with van der Waals surface area (Å²) in [7, 11) is 0. The largest absolute Gasteiger partial charge is 0.488 e. The Morgan fingerprint density at radius 2 is 1.74 bits per heavy atom. The van der Waals surface area contributed by atoms with Gasteiger partial charge in [0.2, 0.25) is 0 Å². The number of nitrogens with zero attached hydrogens (tertiary/aromatic N) is 2. The molecule has 0 atom stereocenters. The number of carbonyl (C=O) groups excluding carboxylic acids is 3. The van der Waals surface area contributed by atoms with Gasteiger partial charge in [-0.05, 0) is 54.0 Å². The van der Waals surface area contributed by atoms with Crippen molar-refractivity contribution in [1.82, 2.24) is 5.32 Å². The average Bonchev–Trinajstić information content (AvgIpc) is 2.91. The molecule has 0 radical (unpaired) electrons. The van der Waals surface area contributed by atoms with E-state index in [2.05, 4.69) is 5.32 Å². The Kier molecular flexibility index (Phi) is 6.64. The minimum atomic E-state index is -0.825. The third-order valence-corrected chi connectivity index (χ3v) is 6.43. The molecule has 0 saturated carbocycles. The summed E-state index contributed by atoms with van der Waals surface area (Å²) in [5, 5.41) is 15.0. The van der Waals surface area contributed by atoms with E-state index >= 15 is 0 Å². The summed E-state index contributed by atoms with van der Waals surface area (Å²) < 4.78 is 6.05. The van der Waals surface area contributed by atoms with Crippen molar-refractivity contribution in [1.29, 1.82) is 0 Å². The van der Waals surface area contributed by atoms with E-state index in [0.717, 1.165) is 21.2 Å². The highest BCUT2D eigenvalue weighted by atomic mass is 16.6. The molecule has 194 valence electrons. The van der Waals surface area contributed by atoms with E-state index in [1.165, 1.54) is 18.2 Å². The fourth-order valence-electron chi connectivity index (χ4n) is 4.55. The summed E-state index contributed by atoms with van der Waals surface area (Å²) in [6, 6.07) is 21.5.